The van der Waals surface area contributed by atoms with E-state index in [9.17, 15) is 18.0 Å². The number of nitrogens with one attached hydrogen (secondary N) is 2. The lowest BCUT2D eigenvalue weighted by Gasteiger charge is -2.06. The molecule has 0 spiro atoms. The fraction of sp³-hybridized carbons (Fsp3) is 0. The van der Waals surface area contributed by atoms with E-state index in [0.717, 1.165) is 11.3 Å². The summed E-state index contributed by atoms with van der Waals surface area (Å²) in [6.45, 7) is 0. The Labute approximate surface area is 183 Å². The van der Waals surface area contributed by atoms with E-state index < -0.39 is 27.2 Å². The first kappa shape index (κ1) is 20.5. The maximum absolute atomic E-state index is 12.6. The quantitative estimate of drug-likeness (QED) is 0.460. The Balaban J connectivity index is 1.65. The summed E-state index contributed by atoms with van der Waals surface area (Å²) < 4.78 is 27.0. The molecule has 8 nitrogen and oxygen atoms in total. The van der Waals surface area contributed by atoms with Crippen molar-refractivity contribution in [2.75, 3.05) is 0 Å². The second kappa shape index (κ2) is 7.80. The Hall–Kier alpha value is -2.79. The third-order valence-electron chi connectivity index (χ3n) is 3.94. The van der Waals surface area contributed by atoms with E-state index in [1.165, 1.54) is 18.2 Å². The Bertz CT molecular complexity index is 1450. The van der Waals surface area contributed by atoms with Gasteiger partial charge in [0.2, 0.25) is 0 Å². The van der Waals surface area contributed by atoms with Crippen molar-refractivity contribution in [3.63, 3.8) is 0 Å². The number of aromatic nitrogens is 3. The molecule has 0 aliphatic heterocycles. The average Bonchev–Trinajstić information content (AvgIpc) is 3.20. The zero-order valence-electron chi connectivity index (χ0n) is 14.7. The van der Waals surface area contributed by atoms with Gasteiger partial charge in [-0.2, -0.15) is 0 Å². The minimum absolute atomic E-state index is 0.108. The highest BCUT2D eigenvalue weighted by Crippen LogP contribution is 2.29. The number of fused-ring (bicyclic) bond motifs is 1. The Morgan fingerprint density at radius 2 is 1.87 bits per heavy atom. The number of thiophene rings is 1. The summed E-state index contributed by atoms with van der Waals surface area (Å²) in [7, 11) is -4.23. The van der Waals surface area contributed by atoms with Gasteiger partial charge in [-0.25, -0.2) is 18.1 Å². The molecule has 0 atom stereocenters. The fourth-order valence-corrected chi connectivity index (χ4v) is 5.12. The van der Waals surface area contributed by atoms with Crippen LogP contribution in [0.25, 0.3) is 21.6 Å². The van der Waals surface area contributed by atoms with E-state index in [1.54, 1.807) is 30.5 Å². The van der Waals surface area contributed by atoms with Crippen LogP contribution in [0.1, 0.15) is 10.5 Å². The van der Waals surface area contributed by atoms with Gasteiger partial charge in [-0.1, -0.05) is 29.3 Å². The van der Waals surface area contributed by atoms with E-state index in [0.29, 0.717) is 10.6 Å². The van der Waals surface area contributed by atoms with Crippen molar-refractivity contribution in [1.82, 2.24) is 19.7 Å². The van der Waals surface area contributed by atoms with Gasteiger partial charge in [0.05, 0.1) is 31.6 Å². The molecule has 3 aromatic heterocycles. The first-order valence-corrected chi connectivity index (χ1v) is 11.3. The molecule has 12 heteroatoms. The number of benzene rings is 1. The van der Waals surface area contributed by atoms with Crippen LogP contribution >= 0.6 is 34.5 Å². The zero-order valence-corrected chi connectivity index (χ0v) is 17.9. The summed E-state index contributed by atoms with van der Waals surface area (Å²) in [5, 5.41) is 0.367. The molecule has 0 fully saturated rings. The number of amides is 1. The van der Waals surface area contributed by atoms with E-state index >= 15 is 0 Å². The van der Waals surface area contributed by atoms with Gasteiger partial charge >= 0.3 is 0 Å². The van der Waals surface area contributed by atoms with Crippen LogP contribution in [0, 0.1) is 0 Å². The summed E-state index contributed by atoms with van der Waals surface area (Å²) in [5.74, 6) is -1.17. The lowest BCUT2D eigenvalue weighted by molar-refractivity contribution is 0.0975. The number of halogens is 2. The summed E-state index contributed by atoms with van der Waals surface area (Å²) in [6, 6.07) is 10.9. The molecule has 1 aromatic carbocycles. The standard InChI is InChI=1S/C18H10Cl2N4O4S2/c19-9-7-12-13(8-10(9)20)23-17(25)16(22-12)18(26)24-30(27,28)15-5-4-14(29-15)11-3-1-2-6-21-11/h1-8H,(H,23,25)(H,24,26). The topological polar surface area (TPSA) is 122 Å². The van der Waals surface area contributed by atoms with E-state index in [2.05, 4.69) is 15.0 Å². The highest BCUT2D eigenvalue weighted by molar-refractivity contribution is 7.92. The van der Waals surface area contributed by atoms with Gasteiger partial charge in [0.1, 0.15) is 4.21 Å². The maximum atomic E-state index is 12.6. The first-order valence-electron chi connectivity index (χ1n) is 8.22. The van der Waals surface area contributed by atoms with E-state index in [-0.39, 0.29) is 25.3 Å². The minimum atomic E-state index is -4.23. The highest BCUT2D eigenvalue weighted by atomic mass is 35.5. The van der Waals surface area contributed by atoms with Gasteiger partial charge in [-0.05, 0) is 36.4 Å². The van der Waals surface area contributed by atoms with Crippen LogP contribution in [0.5, 0.6) is 0 Å². The van der Waals surface area contributed by atoms with Gasteiger partial charge in [0, 0.05) is 6.20 Å². The number of aromatic amines is 1. The van der Waals surface area contributed by atoms with Crippen LogP contribution in [0.3, 0.4) is 0 Å². The first-order chi connectivity index (χ1) is 14.2. The lowest BCUT2D eigenvalue weighted by atomic mass is 10.3. The van der Waals surface area contributed by atoms with Crippen molar-refractivity contribution < 1.29 is 13.2 Å². The number of carbonyl (C=O) groups is 1. The van der Waals surface area contributed by atoms with Crippen LogP contribution < -0.4 is 10.3 Å². The zero-order chi connectivity index (χ0) is 21.5. The smallest absolute Gasteiger partial charge is 0.289 e. The number of carbonyl (C=O) groups excluding carboxylic acids is 1. The monoisotopic (exact) mass is 480 g/mol. The van der Waals surface area contributed by atoms with Crippen LogP contribution in [-0.4, -0.2) is 29.3 Å². The molecule has 0 aliphatic carbocycles. The number of rotatable bonds is 4. The summed E-state index contributed by atoms with van der Waals surface area (Å²) in [4.78, 5) is 35.9. The van der Waals surface area contributed by atoms with Crippen molar-refractivity contribution in [2.45, 2.75) is 4.21 Å². The molecule has 0 aliphatic rings. The molecular formula is C18H10Cl2N4O4S2. The normalized spacial score (nSPS) is 11.5. The number of hydrogen-bond acceptors (Lipinski definition) is 7. The molecule has 4 rings (SSSR count). The van der Waals surface area contributed by atoms with Crippen LogP contribution in [-0.2, 0) is 10.0 Å². The molecule has 0 bridgehead atoms. The molecule has 3 heterocycles. The van der Waals surface area contributed by atoms with Crippen LogP contribution in [0.15, 0.2) is 57.7 Å². The Morgan fingerprint density at radius 1 is 1.10 bits per heavy atom. The SMILES string of the molecule is O=C(NS(=O)(=O)c1ccc(-c2ccccn2)s1)c1nc2cc(Cl)c(Cl)cc2[nH]c1=O. The highest BCUT2D eigenvalue weighted by Gasteiger charge is 2.24. The van der Waals surface area contributed by atoms with Crippen LogP contribution in [0.2, 0.25) is 10.0 Å². The molecule has 0 radical (unpaired) electrons. The molecule has 1 amide bonds. The van der Waals surface area contributed by atoms with E-state index in [4.69, 9.17) is 23.2 Å². The average molecular weight is 481 g/mol. The van der Waals surface area contributed by atoms with Crippen molar-refractivity contribution >= 4 is 61.5 Å². The molecule has 0 unspecified atom stereocenters. The van der Waals surface area contributed by atoms with Gasteiger partial charge in [0.15, 0.2) is 5.69 Å². The third-order valence-corrected chi connectivity index (χ3v) is 7.59. The van der Waals surface area contributed by atoms with Gasteiger partial charge < -0.3 is 4.98 Å². The molecule has 30 heavy (non-hydrogen) atoms. The summed E-state index contributed by atoms with van der Waals surface area (Å²) in [6.07, 6.45) is 1.59. The summed E-state index contributed by atoms with van der Waals surface area (Å²) in [5.41, 5.74) is -0.453. The fourth-order valence-electron chi connectivity index (χ4n) is 2.57. The molecule has 0 saturated carbocycles. The largest absolute Gasteiger partial charge is 0.319 e. The number of sulfonamides is 1. The second-order valence-electron chi connectivity index (χ2n) is 5.97. The number of pyridine rings is 1. The van der Waals surface area contributed by atoms with Crippen molar-refractivity contribution in [3.05, 3.63) is 74.8 Å². The molecular weight excluding hydrogens is 471 g/mol. The predicted molar refractivity (Wildman–Crippen MR) is 115 cm³/mol. The molecule has 0 saturated heterocycles. The van der Waals surface area contributed by atoms with Gasteiger partial charge in [-0.3, -0.25) is 14.6 Å². The molecule has 2 N–H and O–H groups in total. The predicted octanol–water partition coefficient (Wildman–Crippen LogP) is 3.47. The van der Waals surface area contributed by atoms with Gasteiger partial charge in [0.25, 0.3) is 21.5 Å². The minimum Gasteiger partial charge on any atom is -0.319 e. The Kier molecular flexibility index (Phi) is 5.33. The summed E-state index contributed by atoms with van der Waals surface area (Å²) >= 11 is 12.8. The van der Waals surface area contributed by atoms with Crippen molar-refractivity contribution in [3.8, 4) is 10.6 Å². The number of nitrogens with zero attached hydrogens (tertiary/aromatic N) is 2. The lowest BCUT2D eigenvalue weighted by Crippen LogP contribution is -2.35. The Morgan fingerprint density at radius 3 is 2.60 bits per heavy atom. The van der Waals surface area contributed by atoms with Gasteiger partial charge in [-0.15, -0.1) is 11.3 Å². The van der Waals surface area contributed by atoms with Crippen molar-refractivity contribution in [2.24, 2.45) is 0 Å². The maximum Gasteiger partial charge on any atom is 0.289 e. The second-order valence-corrected chi connectivity index (χ2v) is 9.77. The molecule has 4 aromatic rings. The number of hydrogen-bond donors (Lipinski definition) is 2. The van der Waals surface area contributed by atoms with Crippen molar-refractivity contribution in [1.29, 1.82) is 0 Å². The molecule has 152 valence electrons. The third kappa shape index (κ3) is 3.94. The number of H-pyrrole nitrogens is 1. The van der Waals surface area contributed by atoms with E-state index in [1.807, 2.05) is 4.72 Å². The van der Waals surface area contributed by atoms with Crippen LogP contribution in [0.4, 0.5) is 0 Å².